The van der Waals surface area contributed by atoms with Crippen molar-refractivity contribution in [2.75, 3.05) is 12.3 Å². The van der Waals surface area contributed by atoms with Gasteiger partial charge in [-0.1, -0.05) is 80.6 Å². The Morgan fingerprint density at radius 1 is 0.420 bits per heavy atom. The second-order valence-electron chi connectivity index (χ2n) is 21.7. The topological polar surface area (TPSA) is 388 Å². The summed E-state index contributed by atoms with van der Waals surface area (Å²) in [7, 11) is 0. The molecule has 0 aromatic heterocycles. The number of carbonyl (C=O) groups excluding carboxylic acids is 11. The molecule has 428 valence electrons. The average molecular weight is 1110 g/mol. The van der Waals surface area contributed by atoms with Gasteiger partial charge in [-0.25, -0.2) is 0 Å². The van der Waals surface area contributed by atoms with Crippen LogP contribution in [0.2, 0.25) is 0 Å². The fourth-order valence-corrected chi connectivity index (χ4v) is 10.4. The number of hydrogen-bond acceptors (Lipinski definition) is 12. The van der Waals surface area contributed by atoms with E-state index in [0.29, 0.717) is 60.9 Å². The quantitative estimate of drug-likeness (QED) is 0.0887. The smallest absolute Gasteiger partial charge is 0.248 e. The number of rotatable bonds is 11. The van der Waals surface area contributed by atoms with Gasteiger partial charge < -0.3 is 65.5 Å². The molecule has 6 aliphatic rings. The van der Waals surface area contributed by atoms with Crippen molar-refractivity contribution in [3.63, 3.8) is 0 Å². The maximum absolute atomic E-state index is 12.4. The first-order valence-electron chi connectivity index (χ1n) is 26.9. The van der Waals surface area contributed by atoms with Crippen LogP contribution in [0.15, 0.2) is 97.1 Å². The summed E-state index contributed by atoms with van der Waals surface area (Å²) in [6.07, 6.45) is 9.63. The molecule has 4 aromatic rings. The molecular formula is C58H70N12O11. The van der Waals surface area contributed by atoms with E-state index in [1.807, 2.05) is 12.1 Å². The fourth-order valence-electron chi connectivity index (χ4n) is 10.4. The van der Waals surface area contributed by atoms with Crippen molar-refractivity contribution >= 4 is 70.7 Å². The summed E-state index contributed by atoms with van der Waals surface area (Å²) in [4.78, 5) is 129. The van der Waals surface area contributed by atoms with Gasteiger partial charge in [0.15, 0.2) is 0 Å². The van der Waals surface area contributed by atoms with Gasteiger partial charge in [-0.2, -0.15) is 0 Å². The first-order valence-corrected chi connectivity index (χ1v) is 26.9. The molecule has 0 radical (unpaired) electrons. The predicted octanol–water partition coefficient (Wildman–Crippen LogP) is 0.0480. The lowest BCUT2D eigenvalue weighted by molar-refractivity contribution is -0.143. The third kappa shape index (κ3) is 15.4. The highest BCUT2D eigenvalue weighted by atomic mass is 16.2. The first-order chi connectivity index (χ1) is 38.4. The van der Waals surface area contributed by atoms with Crippen molar-refractivity contribution in [2.24, 2.45) is 17.2 Å². The monoisotopic (exact) mass is 1110 g/mol. The van der Waals surface area contributed by atoms with Crippen molar-refractivity contribution in [1.29, 1.82) is 0 Å². The summed E-state index contributed by atoms with van der Waals surface area (Å²) in [5.74, 6) is -2.63. The van der Waals surface area contributed by atoms with Crippen molar-refractivity contribution in [3.05, 3.63) is 136 Å². The van der Waals surface area contributed by atoms with E-state index in [0.717, 1.165) is 67.2 Å². The van der Waals surface area contributed by atoms with Crippen LogP contribution in [-0.4, -0.2) is 112 Å². The number of nitrogens with one attached hydrogen (secondary N) is 8. The summed E-state index contributed by atoms with van der Waals surface area (Å²) < 4.78 is 0. The Morgan fingerprint density at radius 2 is 0.728 bits per heavy atom. The molecule has 16 N–H and O–H groups in total. The second kappa shape index (κ2) is 25.8. The largest absolute Gasteiger partial charge is 0.399 e. The van der Waals surface area contributed by atoms with E-state index in [-0.39, 0.29) is 53.8 Å². The van der Waals surface area contributed by atoms with Gasteiger partial charge in [0.05, 0.1) is 6.54 Å². The third-order valence-corrected chi connectivity index (χ3v) is 15.2. The summed E-state index contributed by atoms with van der Waals surface area (Å²) in [6.45, 7) is 3.33. The lowest BCUT2D eigenvalue weighted by Gasteiger charge is -2.42. The van der Waals surface area contributed by atoms with Gasteiger partial charge >= 0.3 is 0 Å². The van der Waals surface area contributed by atoms with Crippen LogP contribution in [0.3, 0.4) is 0 Å². The molecule has 10 rings (SSSR count). The standard InChI is InChI=1S/C16H19N3O3.C16H21N3O2.C14H17N3O3.C12H13N3O3/c17-13(20)11-5-3-10(4-6-11)9-12-14(21)19-16(15(22)18-12)7-1-2-8-16;17-12-6-4-11(5-7-12)10-13-14(20)19-16(15(21)18-13)8-2-1-3-9-16;1-14(2)13(20)16-10(12(19)17-14)7-8-3-5-9(6-4-8)11(15)18;13-11(17)8-3-1-7(2-4-8)5-9-12(18)14-6-10(16)15-9/h3-6,12H,1-2,7-9H2,(H2,17,20)(H,18,22)(H,19,21);4-7,13H,1-3,8-10,17H2,(H,18,21)(H,19,20);3-6,10H,7H2,1-2H3,(H2,15,18)(H,16,20)(H,17,19);1-4,9H,5-6H2,(H2,13,17)(H,14,18)(H,15,16)/t12-;13-;10-;9-/m0000/s1. The van der Waals surface area contributed by atoms with Crippen LogP contribution in [0.5, 0.6) is 0 Å². The average Bonchev–Trinajstić information content (AvgIpc) is 3.99. The number of amides is 11. The lowest BCUT2D eigenvalue weighted by Crippen LogP contribution is -2.70. The minimum absolute atomic E-state index is 0.0238. The molecule has 81 heavy (non-hydrogen) atoms. The van der Waals surface area contributed by atoms with Gasteiger partial charge in [0.25, 0.3) is 0 Å². The Hall–Kier alpha value is -9.15. The number of hydrogen-bond donors (Lipinski definition) is 12. The zero-order chi connectivity index (χ0) is 58.6. The predicted molar refractivity (Wildman–Crippen MR) is 297 cm³/mol. The van der Waals surface area contributed by atoms with E-state index >= 15 is 0 Å². The minimum Gasteiger partial charge on any atom is -0.399 e. The Morgan fingerprint density at radius 3 is 1.09 bits per heavy atom. The van der Waals surface area contributed by atoms with E-state index in [2.05, 4.69) is 42.5 Å². The molecule has 6 fully saturated rings. The third-order valence-electron chi connectivity index (χ3n) is 15.2. The summed E-state index contributed by atoms with van der Waals surface area (Å²) in [6, 6.07) is 25.2. The van der Waals surface area contributed by atoms with Gasteiger partial charge in [0, 0.05) is 48.1 Å². The van der Waals surface area contributed by atoms with E-state index in [1.54, 1.807) is 98.8 Å². The number of carbonyl (C=O) groups is 11. The summed E-state index contributed by atoms with van der Waals surface area (Å²) >= 11 is 0. The number of primary amides is 3. The Kier molecular flexibility index (Phi) is 18.9. The molecule has 4 heterocycles. The summed E-state index contributed by atoms with van der Waals surface area (Å²) in [5, 5.41) is 22.1. The molecule has 23 nitrogen and oxygen atoms in total. The van der Waals surface area contributed by atoms with Gasteiger partial charge in [-0.15, -0.1) is 0 Å². The van der Waals surface area contributed by atoms with Crippen molar-refractivity contribution in [1.82, 2.24) is 42.5 Å². The maximum atomic E-state index is 12.4. The molecule has 11 amide bonds. The molecule has 4 atom stereocenters. The summed E-state index contributed by atoms with van der Waals surface area (Å²) in [5.41, 5.74) is 24.4. The van der Waals surface area contributed by atoms with Gasteiger partial charge in [-0.05, 0) is 110 Å². The SMILES string of the molecule is CC1(C)NC(=O)[C@H](Cc2ccc(C(N)=O)cc2)NC1=O.NC(=O)c1ccc(C[C@@H]2NC(=O)C3(CCCC3)NC2=O)cc1.NC(=O)c1ccc(C[C@@H]2NC(=O)CNC2=O)cc1.Nc1ccc(C[C@@H]2NC(=O)C3(CCCCC3)NC2=O)cc1. The molecule has 2 saturated carbocycles. The van der Waals surface area contributed by atoms with Crippen molar-refractivity contribution < 1.29 is 52.7 Å². The van der Waals surface area contributed by atoms with Crippen LogP contribution < -0.4 is 65.5 Å². The normalized spacial score (nSPS) is 22.0. The molecular weight excluding hydrogens is 1040 g/mol. The van der Waals surface area contributed by atoms with Crippen molar-refractivity contribution in [3.8, 4) is 0 Å². The number of nitrogen functional groups attached to an aromatic ring is 1. The van der Waals surface area contributed by atoms with Crippen molar-refractivity contribution in [2.45, 2.75) is 138 Å². The number of nitrogens with two attached hydrogens (primary N) is 4. The molecule has 2 aliphatic carbocycles. The van der Waals surface area contributed by atoms with Gasteiger partial charge in [0.1, 0.15) is 40.8 Å². The highest BCUT2D eigenvalue weighted by molar-refractivity contribution is 6.02. The number of piperazine rings is 4. The van der Waals surface area contributed by atoms with E-state index in [1.165, 1.54) is 0 Å². The molecule has 4 aliphatic heterocycles. The molecule has 0 unspecified atom stereocenters. The minimum atomic E-state index is -0.886. The highest BCUT2D eigenvalue weighted by Crippen LogP contribution is 2.33. The molecule has 0 bridgehead atoms. The molecule has 4 saturated heterocycles. The van der Waals surface area contributed by atoms with E-state index in [4.69, 9.17) is 22.9 Å². The van der Waals surface area contributed by atoms with Crippen LogP contribution in [0.25, 0.3) is 0 Å². The van der Waals surface area contributed by atoms with Gasteiger partial charge in [-0.3, -0.25) is 52.7 Å². The molecule has 4 aromatic carbocycles. The molecule has 2 spiro atoms. The van der Waals surface area contributed by atoms with Crippen LogP contribution in [-0.2, 0) is 64.0 Å². The molecule has 23 heteroatoms. The first kappa shape index (κ1) is 59.5. The Bertz CT molecular complexity index is 3040. The number of benzene rings is 4. The highest BCUT2D eigenvalue weighted by Gasteiger charge is 2.49. The number of anilines is 1. The van der Waals surface area contributed by atoms with E-state index in [9.17, 15) is 52.7 Å². The van der Waals surface area contributed by atoms with Crippen LogP contribution >= 0.6 is 0 Å². The fraction of sp³-hybridized carbons (Fsp3) is 0.397. The van der Waals surface area contributed by atoms with Gasteiger partial charge in [0.2, 0.25) is 65.0 Å². The van der Waals surface area contributed by atoms with Crippen LogP contribution in [0, 0.1) is 0 Å². The second-order valence-corrected chi connectivity index (χ2v) is 21.7. The lowest BCUT2D eigenvalue weighted by atomic mass is 9.79. The zero-order valence-corrected chi connectivity index (χ0v) is 45.2. The van der Waals surface area contributed by atoms with Crippen LogP contribution in [0.1, 0.15) is 125 Å². The Balaban J connectivity index is 0.000000156. The maximum Gasteiger partial charge on any atom is 0.248 e. The Labute approximate surface area is 468 Å². The van der Waals surface area contributed by atoms with Crippen LogP contribution in [0.4, 0.5) is 5.69 Å². The zero-order valence-electron chi connectivity index (χ0n) is 45.2. The van der Waals surface area contributed by atoms with E-state index < -0.39 is 58.5 Å².